The van der Waals surface area contributed by atoms with Crippen LogP contribution in [0.4, 0.5) is 5.69 Å². The predicted octanol–water partition coefficient (Wildman–Crippen LogP) is 1.99. The Morgan fingerprint density at radius 3 is 2.84 bits per heavy atom. The smallest absolute Gasteiger partial charge is 0.313 e. The normalized spacial score (nSPS) is 10.3. The Labute approximate surface area is 114 Å². The monoisotopic (exact) mass is 276 g/mol. The molecule has 0 aliphatic carbocycles. The number of aromatic nitrogens is 1. The van der Waals surface area contributed by atoms with E-state index in [1.807, 2.05) is 18.2 Å². The fourth-order valence-corrected chi connectivity index (χ4v) is 2.16. The molecule has 0 saturated carbocycles. The average molecular weight is 276 g/mol. The quantitative estimate of drug-likeness (QED) is 0.873. The molecule has 0 saturated heterocycles. The van der Waals surface area contributed by atoms with Crippen LogP contribution >= 0.6 is 11.8 Å². The summed E-state index contributed by atoms with van der Waals surface area (Å²) in [7, 11) is 0. The van der Waals surface area contributed by atoms with Crippen LogP contribution in [0.1, 0.15) is 0 Å². The molecule has 2 aromatic rings. The van der Waals surface area contributed by atoms with Crippen LogP contribution in [0, 0.1) is 0 Å². The van der Waals surface area contributed by atoms with Crippen molar-refractivity contribution < 1.29 is 14.7 Å². The lowest BCUT2D eigenvalue weighted by molar-refractivity contribution is -0.133. The number of nitrogens with zero attached hydrogens (tertiary/aromatic N) is 1. The molecule has 2 N–H and O–H groups in total. The Morgan fingerprint density at radius 1 is 1.21 bits per heavy atom. The fraction of sp³-hybridized carbons (Fsp3) is 0.154. The van der Waals surface area contributed by atoms with Gasteiger partial charge in [-0.1, -0.05) is 6.07 Å². The van der Waals surface area contributed by atoms with E-state index in [1.165, 1.54) is 0 Å². The maximum absolute atomic E-state index is 11.7. The summed E-state index contributed by atoms with van der Waals surface area (Å²) in [5, 5.41) is 12.1. The summed E-state index contributed by atoms with van der Waals surface area (Å²) in [4.78, 5) is 26.2. The summed E-state index contributed by atoms with van der Waals surface area (Å²) in [5.74, 6) is -1.11. The van der Waals surface area contributed by atoms with Crippen LogP contribution in [-0.4, -0.2) is 33.5 Å². The van der Waals surface area contributed by atoms with Gasteiger partial charge >= 0.3 is 5.97 Å². The van der Waals surface area contributed by atoms with Crippen molar-refractivity contribution in [2.24, 2.45) is 0 Å². The molecule has 0 fully saturated rings. The SMILES string of the molecule is O=C(O)CSCC(=O)Nc1cccc2ncccc12. The number of hydrogen-bond acceptors (Lipinski definition) is 4. The first-order valence-corrected chi connectivity index (χ1v) is 6.75. The summed E-state index contributed by atoms with van der Waals surface area (Å²) in [5.41, 5.74) is 1.49. The number of benzene rings is 1. The van der Waals surface area contributed by atoms with Crippen molar-refractivity contribution in [1.82, 2.24) is 4.98 Å². The largest absolute Gasteiger partial charge is 0.481 e. The van der Waals surface area contributed by atoms with Crippen molar-refractivity contribution in [3.8, 4) is 0 Å². The zero-order chi connectivity index (χ0) is 13.7. The molecular formula is C13H12N2O3S. The standard InChI is InChI=1S/C13H12N2O3S/c16-12(7-19-8-13(17)18)15-11-5-1-4-10-9(11)3-2-6-14-10/h1-6H,7-8H2,(H,15,16)(H,17,18). The van der Waals surface area contributed by atoms with E-state index in [9.17, 15) is 9.59 Å². The van der Waals surface area contributed by atoms with Crippen LogP contribution in [-0.2, 0) is 9.59 Å². The van der Waals surface area contributed by atoms with E-state index in [2.05, 4.69) is 10.3 Å². The van der Waals surface area contributed by atoms with Gasteiger partial charge in [0, 0.05) is 11.6 Å². The Balaban J connectivity index is 2.05. The molecular weight excluding hydrogens is 264 g/mol. The van der Waals surface area contributed by atoms with Crippen LogP contribution in [0.5, 0.6) is 0 Å². The minimum absolute atomic E-state index is 0.0789. The third kappa shape index (κ3) is 3.69. The second-order valence-electron chi connectivity index (χ2n) is 3.81. The van der Waals surface area contributed by atoms with E-state index in [1.54, 1.807) is 18.3 Å². The number of nitrogens with one attached hydrogen (secondary N) is 1. The van der Waals surface area contributed by atoms with Crippen molar-refractivity contribution in [3.05, 3.63) is 36.5 Å². The topological polar surface area (TPSA) is 79.3 Å². The number of carbonyl (C=O) groups excluding carboxylic acids is 1. The molecule has 6 heteroatoms. The first kappa shape index (κ1) is 13.4. The lowest BCUT2D eigenvalue weighted by Gasteiger charge is -2.07. The van der Waals surface area contributed by atoms with Crippen LogP contribution < -0.4 is 5.32 Å². The third-order valence-corrected chi connectivity index (χ3v) is 3.30. The van der Waals surface area contributed by atoms with Gasteiger partial charge in [-0.2, -0.15) is 0 Å². The van der Waals surface area contributed by atoms with Crippen molar-refractivity contribution in [3.63, 3.8) is 0 Å². The van der Waals surface area contributed by atoms with Gasteiger partial charge < -0.3 is 10.4 Å². The zero-order valence-corrected chi connectivity index (χ0v) is 10.8. The maximum atomic E-state index is 11.7. The molecule has 0 aliphatic rings. The first-order valence-electron chi connectivity index (χ1n) is 5.60. The van der Waals surface area contributed by atoms with Gasteiger partial charge in [-0.25, -0.2) is 0 Å². The Hall–Kier alpha value is -2.08. The molecule has 0 aliphatic heterocycles. The molecule has 2 rings (SSSR count). The van der Waals surface area contributed by atoms with Gasteiger partial charge in [-0.05, 0) is 24.3 Å². The number of carbonyl (C=O) groups is 2. The minimum atomic E-state index is -0.924. The lowest BCUT2D eigenvalue weighted by atomic mass is 10.2. The number of pyridine rings is 1. The summed E-state index contributed by atoms with van der Waals surface area (Å²) < 4.78 is 0. The van der Waals surface area contributed by atoms with E-state index in [0.717, 1.165) is 22.7 Å². The van der Waals surface area contributed by atoms with Crippen LogP contribution in [0.15, 0.2) is 36.5 Å². The molecule has 0 atom stereocenters. The van der Waals surface area contributed by atoms with Gasteiger partial charge in [0.25, 0.3) is 0 Å². The molecule has 1 aromatic heterocycles. The molecule has 0 unspecified atom stereocenters. The molecule has 1 amide bonds. The second kappa shape index (κ2) is 6.19. The first-order chi connectivity index (χ1) is 9.16. The maximum Gasteiger partial charge on any atom is 0.313 e. The van der Waals surface area contributed by atoms with Crippen molar-refractivity contribution in [2.45, 2.75) is 0 Å². The number of aliphatic carboxylic acids is 1. The highest BCUT2D eigenvalue weighted by molar-refractivity contribution is 8.00. The van der Waals surface area contributed by atoms with E-state index >= 15 is 0 Å². The molecule has 1 aromatic carbocycles. The second-order valence-corrected chi connectivity index (χ2v) is 4.80. The summed E-state index contributed by atoms with van der Waals surface area (Å²) in [6.45, 7) is 0. The number of carboxylic acid groups (broad SMARTS) is 1. The molecule has 0 bridgehead atoms. The zero-order valence-electron chi connectivity index (χ0n) is 10.00. The van der Waals surface area contributed by atoms with Crippen LogP contribution in [0.25, 0.3) is 10.9 Å². The lowest BCUT2D eigenvalue weighted by Crippen LogP contribution is -2.15. The van der Waals surface area contributed by atoms with E-state index in [-0.39, 0.29) is 17.4 Å². The fourth-order valence-electron chi connectivity index (χ4n) is 1.63. The Morgan fingerprint density at radius 2 is 2.05 bits per heavy atom. The molecule has 0 radical (unpaired) electrons. The van der Waals surface area contributed by atoms with E-state index in [4.69, 9.17) is 5.11 Å². The van der Waals surface area contributed by atoms with Crippen LogP contribution in [0.2, 0.25) is 0 Å². The predicted molar refractivity (Wildman–Crippen MR) is 75.3 cm³/mol. The highest BCUT2D eigenvalue weighted by Crippen LogP contribution is 2.21. The number of carboxylic acids is 1. The molecule has 98 valence electrons. The number of anilines is 1. The van der Waals surface area contributed by atoms with Gasteiger partial charge in [0.05, 0.1) is 22.7 Å². The number of fused-ring (bicyclic) bond motifs is 1. The number of rotatable bonds is 5. The van der Waals surface area contributed by atoms with Crippen LogP contribution in [0.3, 0.4) is 0 Å². The average Bonchev–Trinajstić information content (AvgIpc) is 2.39. The minimum Gasteiger partial charge on any atom is -0.481 e. The van der Waals surface area contributed by atoms with E-state index in [0.29, 0.717) is 5.69 Å². The van der Waals surface area contributed by atoms with Gasteiger partial charge in [-0.3, -0.25) is 14.6 Å². The third-order valence-electron chi connectivity index (χ3n) is 2.38. The number of thioether (sulfide) groups is 1. The van der Waals surface area contributed by atoms with Crippen molar-refractivity contribution in [2.75, 3.05) is 16.8 Å². The number of hydrogen-bond donors (Lipinski definition) is 2. The van der Waals surface area contributed by atoms with Gasteiger partial charge in [0.15, 0.2) is 0 Å². The molecule has 19 heavy (non-hydrogen) atoms. The Bertz CT molecular complexity index is 610. The summed E-state index contributed by atoms with van der Waals surface area (Å²) >= 11 is 1.07. The van der Waals surface area contributed by atoms with Gasteiger partial charge in [0.1, 0.15) is 0 Å². The number of amides is 1. The summed E-state index contributed by atoms with van der Waals surface area (Å²) in [6.07, 6.45) is 1.69. The Kier molecular flexibility index (Phi) is 4.35. The van der Waals surface area contributed by atoms with Crippen molar-refractivity contribution >= 4 is 40.2 Å². The highest BCUT2D eigenvalue weighted by atomic mass is 32.2. The molecule has 0 spiro atoms. The van der Waals surface area contributed by atoms with E-state index < -0.39 is 5.97 Å². The summed E-state index contributed by atoms with van der Waals surface area (Å²) in [6, 6.07) is 9.16. The van der Waals surface area contributed by atoms with Gasteiger partial charge in [-0.15, -0.1) is 11.8 Å². The van der Waals surface area contributed by atoms with Crippen molar-refractivity contribution in [1.29, 1.82) is 0 Å². The molecule has 1 heterocycles. The van der Waals surface area contributed by atoms with Gasteiger partial charge in [0.2, 0.25) is 5.91 Å². The molecule has 5 nitrogen and oxygen atoms in total. The highest BCUT2D eigenvalue weighted by Gasteiger charge is 2.07.